The van der Waals surface area contributed by atoms with Gasteiger partial charge in [-0.2, -0.15) is 5.10 Å². The summed E-state index contributed by atoms with van der Waals surface area (Å²) in [7, 11) is 0. The molecule has 0 aliphatic heterocycles. The lowest BCUT2D eigenvalue weighted by Gasteiger charge is -2.04. The molecule has 1 aromatic heterocycles. The maximum atomic E-state index is 11.8. The van der Waals surface area contributed by atoms with Gasteiger partial charge in [0.05, 0.1) is 23.3 Å². The molecule has 23 heavy (non-hydrogen) atoms. The normalized spacial score (nSPS) is 11.2. The maximum Gasteiger partial charge on any atom is 0.246 e. The van der Waals surface area contributed by atoms with Crippen LogP contribution >= 0.6 is 11.3 Å². The van der Waals surface area contributed by atoms with Crippen molar-refractivity contribution in [3.05, 3.63) is 58.0 Å². The van der Waals surface area contributed by atoms with Gasteiger partial charge in [-0.15, -0.1) is 11.3 Å². The first-order valence-corrected chi connectivity index (χ1v) is 7.95. The number of nitrogens with one attached hydrogen (secondary N) is 1. The Labute approximate surface area is 137 Å². The van der Waals surface area contributed by atoms with Gasteiger partial charge in [0.25, 0.3) is 0 Å². The molecule has 6 heteroatoms. The molecule has 2 N–H and O–H groups in total. The highest BCUT2D eigenvalue weighted by atomic mass is 32.1. The molecule has 0 bridgehead atoms. The molecule has 3 rings (SSSR count). The molecule has 0 fully saturated rings. The quantitative estimate of drug-likeness (QED) is 0.572. The Balaban J connectivity index is 1.73. The number of hydrogen-bond acceptors (Lipinski definition) is 5. The van der Waals surface area contributed by atoms with E-state index in [9.17, 15) is 9.90 Å². The summed E-state index contributed by atoms with van der Waals surface area (Å²) in [5, 5.41) is 18.6. The van der Waals surface area contributed by atoms with Crippen molar-refractivity contribution in [1.29, 1.82) is 0 Å². The lowest BCUT2D eigenvalue weighted by Crippen LogP contribution is -2.19. The molecule has 2 aromatic carbocycles. The number of benzene rings is 2. The van der Waals surface area contributed by atoms with Crippen LogP contribution in [-0.4, -0.2) is 22.2 Å². The molecule has 116 valence electrons. The third kappa shape index (κ3) is 3.54. The number of carbonyl (C=O) groups is 1. The summed E-state index contributed by atoms with van der Waals surface area (Å²) >= 11 is 1.51. The number of aryl methyl sites for hydroxylation is 1. The monoisotopic (exact) mass is 325 g/mol. The predicted octanol–water partition coefficient (Wildman–Crippen LogP) is 3.00. The highest BCUT2D eigenvalue weighted by Gasteiger charge is 2.06. The lowest BCUT2D eigenvalue weighted by atomic mass is 10.0. The van der Waals surface area contributed by atoms with Gasteiger partial charge in [0.15, 0.2) is 0 Å². The van der Waals surface area contributed by atoms with Crippen molar-refractivity contribution in [2.75, 3.05) is 0 Å². The minimum absolute atomic E-state index is 0.122. The molecular weight excluding hydrogens is 310 g/mol. The van der Waals surface area contributed by atoms with Gasteiger partial charge in [0, 0.05) is 10.9 Å². The van der Waals surface area contributed by atoms with Crippen molar-refractivity contribution in [2.24, 2.45) is 5.10 Å². The summed E-state index contributed by atoms with van der Waals surface area (Å²) in [6.45, 7) is 1.90. The SMILES string of the molecule is Cc1nc(CC(=O)N/N=C/c2c(O)ccc3ccccc23)cs1. The standard InChI is InChI=1S/C17H15N3O2S/c1-11-19-13(10-23-11)8-17(22)20-18-9-15-14-5-3-2-4-12(14)6-7-16(15)21/h2-7,9-10,21H,8H2,1H3,(H,20,22)/b18-9+. The van der Waals surface area contributed by atoms with Crippen LogP contribution in [0.2, 0.25) is 0 Å². The fraction of sp³-hybridized carbons (Fsp3) is 0.118. The van der Waals surface area contributed by atoms with Crippen molar-refractivity contribution < 1.29 is 9.90 Å². The Bertz CT molecular complexity index is 886. The fourth-order valence-corrected chi connectivity index (χ4v) is 2.89. The third-order valence-corrected chi connectivity index (χ3v) is 4.16. The first-order chi connectivity index (χ1) is 11.1. The van der Waals surface area contributed by atoms with Crippen LogP contribution in [-0.2, 0) is 11.2 Å². The highest BCUT2D eigenvalue weighted by molar-refractivity contribution is 7.09. The zero-order valence-electron chi connectivity index (χ0n) is 12.5. The molecule has 0 spiro atoms. The van der Waals surface area contributed by atoms with Crippen LogP contribution in [0.15, 0.2) is 46.9 Å². The lowest BCUT2D eigenvalue weighted by molar-refractivity contribution is -0.120. The van der Waals surface area contributed by atoms with Gasteiger partial charge < -0.3 is 5.11 Å². The van der Waals surface area contributed by atoms with E-state index in [-0.39, 0.29) is 18.1 Å². The molecule has 5 nitrogen and oxygen atoms in total. The first-order valence-electron chi connectivity index (χ1n) is 7.07. The second-order valence-electron chi connectivity index (χ2n) is 5.05. The average molecular weight is 325 g/mol. The van der Waals surface area contributed by atoms with E-state index in [1.165, 1.54) is 17.6 Å². The summed E-state index contributed by atoms with van der Waals surface area (Å²) < 4.78 is 0. The molecule has 0 aliphatic rings. The molecule has 0 saturated carbocycles. The van der Waals surface area contributed by atoms with Crippen molar-refractivity contribution in [2.45, 2.75) is 13.3 Å². The summed E-state index contributed by atoms with van der Waals surface area (Å²) in [6, 6.07) is 11.1. The molecule has 1 heterocycles. The van der Waals surface area contributed by atoms with Crippen LogP contribution in [0.4, 0.5) is 0 Å². The second-order valence-corrected chi connectivity index (χ2v) is 6.11. The Morgan fingerprint density at radius 2 is 2.17 bits per heavy atom. The second kappa shape index (κ2) is 6.58. The van der Waals surface area contributed by atoms with Gasteiger partial charge in [0.2, 0.25) is 5.91 Å². The van der Waals surface area contributed by atoms with Crippen LogP contribution in [0.25, 0.3) is 10.8 Å². The minimum atomic E-state index is -0.244. The van der Waals surface area contributed by atoms with E-state index in [0.29, 0.717) is 5.56 Å². The van der Waals surface area contributed by atoms with E-state index in [1.54, 1.807) is 6.07 Å². The number of rotatable bonds is 4. The van der Waals surface area contributed by atoms with Gasteiger partial charge >= 0.3 is 0 Å². The number of thiazole rings is 1. The largest absolute Gasteiger partial charge is 0.507 e. The zero-order valence-corrected chi connectivity index (χ0v) is 13.3. The van der Waals surface area contributed by atoms with E-state index in [1.807, 2.05) is 42.6 Å². The molecule has 0 unspecified atom stereocenters. The number of phenolic OH excluding ortho intramolecular Hbond substituents is 1. The number of amides is 1. The first kappa shape index (κ1) is 15.2. The summed E-state index contributed by atoms with van der Waals surface area (Å²) in [5.74, 6) is -0.122. The smallest absolute Gasteiger partial charge is 0.246 e. The number of fused-ring (bicyclic) bond motifs is 1. The number of aromatic nitrogens is 1. The zero-order chi connectivity index (χ0) is 16.2. The van der Waals surface area contributed by atoms with Crippen LogP contribution in [0.1, 0.15) is 16.3 Å². The van der Waals surface area contributed by atoms with Crippen LogP contribution in [0.5, 0.6) is 5.75 Å². The van der Waals surface area contributed by atoms with E-state index in [4.69, 9.17) is 0 Å². The van der Waals surface area contributed by atoms with Crippen molar-refractivity contribution in [3.63, 3.8) is 0 Å². The summed E-state index contributed by atoms with van der Waals surface area (Å²) in [6.07, 6.45) is 1.64. The average Bonchev–Trinajstić information content (AvgIpc) is 2.94. The van der Waals surface area contributed by atoms with E-state index in [0.717, 1.165) is 21.5 Å². The number of aromatic hydroxyl groups is 1. The highest BCUT2D eigenvalue weighted by Crippen LogP contribution is 2.25. The van der Waals surface area contributed by atoms with E-state index >= 15 is 0 Å². The summed E-state index contributed by atoms with van der Waals surface area (Å²) in [5.41, 5.74) is 3.77. The van der Waals surface area contributed by atoms with E-state index in [2.05, 4.69) is 15.5 Å². The van der Waals surface area contributed by atoms with Crippen LogP contribution < -0.4 is 5.43 Å². The molecule has 0 aliphatic carbocycles. The Morgan fingerprint density at radius 3 is 2.96 bits per heavy atom. The molecule has 0 radical (unpaired) electrons. The number of hydrazone groups is 1. The summed E-state index contributed by atoms with van der Waals surface area (Å²) in [4.78, 5) is 16.1. The number of hydrogen-bond donors (Lipinski definition) is 2. The minimum Gasteiger partial charge on any atom is -0.507 e. The number of carbonyl (C=O) groups excluding carboxylic acids is 1. The molecular formula is C17H15N3O2S. The Kier molecular flexibility index (Phi) is 4.34. The van der Waals surface area contributed by atoms with Crippen molar-refractivity contribution in [3.8, 4) is 5.75 Å². The van der Waals surface area contributed by atoms with Gasteiger partial charge in [-0.3, -0.25) is 4.79 Å². The molecule has 0 saturated heterocycles. The maximum absolute atomic E-state index is 11.8. The topological polar surface area (TPSA) is 74.6 Å². The van der Waals surface area contributed by atoms with Crippen LogP contribution in [0.3, 0.4) is 0 Å². The molecule has 3 aromatic rings. The van der Waals surface area contributed by atoms with Gasteiger partial charge in [-0.25, -0.2) is 10.4 Å². The van der Waals surface area contributed by atoms with Crippen molar-refractivity contribution >= 4 is 34.2 Å². The Hall–Kier alpha value is -2.73. The van der Waals surface area contributed by atoms with Gasteiger partial charge in [0.1, 0.15) is 5.75 Å². The predicted molar refractivity (Wildman–Crippen MR) is 91.9 cm³/mol. The van der Waals surface area contributed by atoms with Crippen molar-refractivity contribution in [1.82, 2.24) is 10.4 Å². The Morgan fingerprint density at radius 1 is 1.35 bits per heavy atom. The molecule has 1 amide bonds. The molecule has 0 atom stereocenters. The van der Waals surface area contributed by atoms with E-state index < -0.39 is 0 Å². The number of nitrogens with zero attached hydrogens (tertiary/aromatic N) is 2. The van der Waals surface area contributed by atoms with Crippen LogP contribution in [0, 0.1) is 6.92 Å². The fourth-order valence-electron chi connectivity index (χ4n) is 2.28. The number of phenols is 1. The van der Waals surface area contributed by atoms with Gasteiger partial charge in [-0.05, 0) is 23.8 Å². The third-order valence-electron chi connectivity index (χ3n) is 3.34. The van der Waals surface area contributed by atoms with Gasteiger partial charge in [-0.1, -0.05) is 30.3 Å².